The molecule has 0 atom stereocenters. The highest BCUT2D eigenvalue weighted by Crippen LogP contribution is 2.26. The molecular formula is C23H22FN5O. The van der Waals surface area contributed by atoms with Crippen molar-refractivity contribution in [3.8, 4) is 0 Å². The average molecular weight is 403 g/mol. The second-order valence-corrected chi connectivity index (χ2v) is 7.84. The molecule has 5 rings (SSSR count). The number of benzene rings is 2. The summed E-state index contributed by atoms with van der Waals surface area (Å²) in [7, 11) is 0. The van der Waals surface area contributed by atoms with E-state index in [-0.39, 0.29) is 17.4 Å². The number of nitrogens with zero attached hydrogens (tertiary/aromatic N) is 4. The third-order valence-corrected chi connectivity index (χ3v) is 5.88. The first-order valence-corrected chi connectivity index (χ1v) is 10.2. The molecule has 0 spiro atoms. The van der Waals surface area contributed by atoms with Crippen LogP contribution in [0.2, 0.25) is 0 Å². The van der Waals surface area contributed by atoms with Gasteiger partial charge in [0.1, 0.15) is 17.0 Å². The molecule has 30 heavy (non-hydrogen) atoms. The number of halogens is 1. The molecule has 0 saturated carbocycles. The minimum atomic E-state index is -0.401. The van der Waals surface area contributed by atoms with Crippen LogP contribution in [0.4, 0.5) is 10.3 Å². The lowest BCUT2D eigenvalue weighted by Gasteiger charge is -2.31. The van der Waals surface area contributed by atoms with Gasteiger partial charge in [0, 0.05) is 30.2 Å². The van der Waals surface area contributed by atoms with Gasteiger partial charge in [-0.1, -0.05) is 24.3 Å². The molecule has 2 aromatic heterocycles. The lowest BCUT2D eigenvalue weighted by atomic mass is 9.92. The van der Waals surface area contributed by atoms with E-state index in [1.54, 1.807) is 10.5 Å². The molecule has 0 unspecified atom stereocenters. The van der Waals surface area contributed by atoms with Gasteiger partial charge < -0.3 is 10.6 Å². The molecule has 2 N–H and O–H groups in total. The number of piperidine rings is 1. The van der Waals surface area contributed by atoms with Gasteiger partial charge in [0.2, 0.25) is 5.95 Å². The van der Waals surface area contributed by atoms with E-state index < -0.39 is 5.82 Å². The molecule has 2 aromatic carbocycles. The van der Waals surface area contributed by atoms with Gasteiger partial charge in [-0.2, -0.15) is 0 Å². The highest BCUT2D eigenvalue weighted by atomic mass is 19.1. The van der Waals surface area contributed by atoms with Gasteiger partial charge in [0.15, 0.2) is 0 Å². The molecule has 152 valence electrons. The standard InChI is InChI=1S/C23H22FN5O/c24-19-8-4-7-18-20(19)27-23(25)29-14-17(26-21(18)29)13-15-9-11-28(12-10-15)22(30)16-5-2-1-3-6-16/h1-8,14-15H,9-13H2,(H2,25,27). The summed E-state index contributed by atoms with van der Waals surface area (Å²) in [5.74, 6) is 0.354. The van der Waals surface area contributed by atoms with Gasteiger partial charge in [-0.15, -0.1) is 0 Å². The van der Waals surface area contributed by atoms with Crippen molar-refractivity contribution in [2.24, 2.45) is 5.92 Å². The summed E-state index contributed by atoms with van der Waals surface area (Å²) in [5.41, 5.74) is 8.56. The summed E-state index contributed by atoms with van der Waals surface area (Å²) < 4.78 is 15.8. The number of hydrogen-bond acceptors (Lipinski definition) is 4. The predicted octanol–water partition coefficient (Wildman–Crippen LogP) is 3.70. The third kappa shape index (κ3) is 3.26. The Hall–Kier alpha value is -3.48. The molecular weight excluding hydrogens is 381 g/mol. The van der Waals surface area contributed by atoms with Crippen LogP contribution in [0.25, 0.3) is 16.6 Å². The molecule has 1 saturated heterocycles. The molecule has 0 radical (unpaired) electrons. The van der Waals surface area contributed by atoms with Crippen LogP contribution in [0.3, 0.4) is 0 Å². The Labute approximate surface area is 173 Å². The zero-order valence-electron chi connectivity index (χ0n) is 16.5. The summed E-state index contributed by atoms with van der Waals surface area (Å²) in [6.45, 7) is 1.48. The normalized spacial score (nSPS) is 15.2. The Kier molecular flexibility index (Phi) is 4.58. The number of carbonyl (C=O) groups excluding carboxylic acids is 1. The Balaban J connectivity index is 1.32. The SMILES string of the molecule is Nc1nc2c(F)cccc2c2nc(CC3CCN(C(=O)c4ccccc4)CC3)cn12. The third-order valence-electron chi connectivity index (χ3n) is 5.88. The zero-order valence-corrected chi connectivity index (χ0v) is 16.5. The van der Waals surface area contributed by atoms with Crippen LogP contribution in [0.15, 0.2) is 54.7 Å². The van der Waals surface area contributed by atoms with Crippen LogP contribution in [0.5, 0.6) is 0 Å². The van der Waals surface area contributed by atoms with Crippen LogP contribution in [-0.4, -0.2) is 38.3 Å². The number of hydrogen-bond donors (Lipinski definition) is 1. The lowest BCUT2D eigenvalue weighted by molar-refractivity contribution is 0.0690. The van der Waals surface area contributed by atoms with Crippen molar-refractivity contribution in [2.75, 3.05) is 18.8 Å². The van der Waals surface area contributed by atoms with Crippen molar-refractivity contribution < 1.29 is 9.18 Å². The van der Waals surface area contributed by atoms with Crippen LogP contribution in [-0.2, 0) is 6.42 Å². The van der Waals surface area contributed by atoms with Gasteiger partial charge in [-0.05, 0) is 49.4 Å². The molecule has 1 aliphatic rings. The van der Waals surface area contributed by atoms with Crippen LogP contribution >= 0.6 is 0 Å². The Morgan fingerprint density at radius 2 is 1.83 bits per heavy atom. The molecule has 1 amide bonds. The van der Waals surface area contributed by atoms with Gasteiger partial charge in [-0.25, -0.2) is 14.4 Å². The van der Waals surface area contributed by atoms with Crippen molar-refractivity contribution in [3.05, 3.63) is 71.8 Å². The number of amides is 1. The summed E-state index contributed by atoms with van der Waals surface area (Å²) in [6, 6.07) is 14.2. The Bertz CT molecular complexity index is 1230. The van der Waals surface area contributed by atoms with Crippen LogP contribution in [0.1, 0.15) is 28.9 Å². The molecule has 1 fully saturated rings. The maximum absolute atomic E-state index is 14.1. The van der Waals surface area contributed by atoms with E-state index in [2.05, 4.69) is 4.98 Å². The molecule has 0 aliphatic carbocycles. The van der Waals surface area contributed by atoms with E-state index in [1.807, 2.05) is 47.5 Å². The summed E-state index contributed by atoms with van der Waals surface area (Å²) in [6.07, 6.45) is 4.54. The largest absolute Gasteiger partial charge is 0.369 e. The molecule has 6 nitrogen and oxygen atoms in total. The summed E-state index contributed by atoms with van der Waals surface area (Å²) >= 11 is 0. The second-order valence-electron chi connectivity index (χ2n) is 7.84. The zero-order chi connectivity index (χ0) is 20.7. The molecule has 0 bridgehead atoms. The minimum Gasteiger partial charge on any atom is -0.369 e. The Morgan fingerprint density at radius 1 is 1.07 bits per heavy atom. The first-order chi connectivity index (χ1) is 14.6. The summed E-state index contributed by atoms with van der Waals surface area (Å²) in [4.78, 5) is 23.5. The van der Waals surface area contributed by atoms with Gasteiger partial charge in [0.05, 0.1) is 5.69 Å². The molecule has 7 heteroatoms. The smallest absolute Gasteiger partial charge is 0.253 e. The number of imidazole rings is 1. The van der Waals surface area contributed by atoms with E-state index >= 15 is 0 Å². The predicted molar refractivity (Wildman–Crippen MR) is 114 cm³/mol. The average Bonchev–Trinajstić information content (AvgIpc) is 3.20. The second kappa shape index (κ2) is 7.40. The number of nitrogens with two attached hydrogens (primary N) is 1. The highest BCUT2D eigenvalue weighted by Gasteiger charge is 2.24. The topological polar surface area (TPSA) is 76.5 Å². The number of aromatic nitrogens is 3. The number of nitrogen functional groups attached to an aromatic ring is 1. The van der Waals surface area contributed by atoms with Crippen molar-refractivity contribution >= 4 is 28.4 Å². The summed E-state index contributed by atoms with van der Waals surface area (Å²) in [5, 5.41) is 0.652. The van der Waals surface area contributed by atoms with Crippen LogP contribution in [0, 0.1) is 11.7 Å². The molecule has 3 heterocycles. The van der Waals surface area contributed by atoms with E-state index in [4.69, 9.17) is 10.7 Å². The van der Waals surface area contributed by atoms with Crippen molar-refractivity contribution in [1.82, 2.24) is 19.3 Å². The van der Waals surface area contributed by atoms with Crippen LogP contribution < -0.4 is 5.73 Å². The minimum absolute atomic E-state index is 0.0918. The molecule has 4 aromatic rings. The van der Waals surface area contributed by atoms with Gasteiger partial charge >= 0.3 is 0 Å². The van der Waals surface area contributed by atoms with Crippen molar-refractivity contribution in [2.45, 2.75) is 19.3 Å². The lowest BCUT2D eigenvalue weighted by Crippen LogP contribution is -2.38. The first-order valence-electron chi connectivity index (χ1n) is 10.2. The fourth-order valence-corrected chi connectivity index (χ4v) is 4.27. The van der Waals surface area contributed by atoms with E-state index in [9.17, 15) is 9.18 Å². The number of likely N-dealkylation sites (tertiary alicyclic amines) is 1. The van der Waals surface area contributed by atoms with E-state index in [0.717, 1.165) is 43.6 Å². The quantitative estimate of drug-likeness (QED) is 0.566. The monoisotopic (exact) mass is 403 g/mol. The number of carbonyl (C=O) groups is 1. The van der Waals surface area contributed by atoms with E-state index in [1.165, 1.54) is 6.07 Å². The van der Waals surface area contributed by atoms with Crippen molar-refractivity contribution in [3.63, 3.8) is 0 Å². The molecule has 1 aliphatic heterocycles. The maximum Gasteiger partial charge on any atom is 0.253 e. The first kappa shape index (κ1) is 18.5. The van der Waals surface area contributed by atoms with Gasteiger partial charge in [0.25, 0.3) is 5.91 Å². The number of fused-ring (bicyclic) bond motifs is 3. The highest BCUT2D eigenvalue weighted by molar-refractivity contribution is 5.94. The Morgan fingerprint density at radius 3 is 2.60 bits per heavy atom. The van der Waals surface area contributed by atoms with Gasteiger partial charge in [-0.3, -0.25) is 9.20 Å². The fourth-order valence-electron chi connectivity index (χ4n) is 4.27. The maximum atomic E-state index is 14.1. The number of anilines is 1. The van der Waals surface area contributed by atoms with Crippen molar-refractivity contribution in [1.29, 1.82) is 0 Å². The number of rotatable bonds is 3. The van der Waals surface area contributed by atoms with E-state index in [0.29, 0.717) is 17.0 Å². The fraction of sp³-hybridized carbons (Fsp3) is 0.261. The number of para-hydroxylation sites is 1.